The Morgan fingerprint density at radius 3 is 2.65 bits per heavy atom. The summed E-state index contributed by atoms with van der Waals surface area (Å²) in [6, 6.07) is 0. The first-order valence-electron chi connectivity index (χ1n) is 5.09. The van der Waals surface area contributed by atoms with Crippen molar-refractivity contribution in [3.8, 4) is 0 Å². The first kappa shape index (κ1) is 16.8. The molecular formula is C8H11ClN4O5S2. The van der Waals surface area contributed by atoms with E-state index in [0.717, 1.165) is 7.11 Å². The summed E-state index contributed by atoms with van der Waals surface area (Å²) in [5.74, 6) is -1.16. The number of amides is 1. The molecule has 1 amide bonds. The molecule has 1 aromatic heterocycles. The molecule has 0 aliphatic heterocycles. The Balaban J connectivity index is 2.71. The topological polar surface area (TPSA) is 127 Å². The van der Waals surface area contributed by atoms with Crippen molar-refractivity contribution in [3.05, 3.63) is 0 Å². The second kappa shape index (κ2) is 6.92. The van der Waals surface area contributed by atoms with Gasteiger partial charge in [0.2, 0.25) is 15.4 Å². The third-order valence-corrected chi connectivity index (χ3v) is 4.79. The number of nitrogens with one attached hydrogen (secondary N) is 2. The van der Waals surface area contributed by atoms with Gasteiger partial charge in [-0.25, -0.2) is 13.1 Å². The SMILES string of the molecule is COC(=O)C(Cl)CNS(=O)(=O)c1nnc(NC(C)=O)s1. The summed E-state index contributed by atoms with van der Waals surface area (Å²) >= 11 is 6.28. The lowest BCUT2D eigenvalue weighted by Gasteiger charge is -2.07. The van der Waals surface area contributed by atoms with Gasteiger partial charge in [-0.1, -0.05) is 11.3 Å². The van der Waals surface area contributed by atoms with Gasteiger partial charge in [-0.2, -0.15) is 0 Å². The van der Waals surface area contributed by atoms with Gasteiger partial charge in [-0.05, 0) is 0 Å². The number of rotatable bonds is 6. The van der Waals surface area contributed by atoms with Crippen LogP contribution in [0.3, 0.4) is 0 Å². The van der Waals surface area contributed by atoms with E-state index >= 15 is 0 Å². The van der Waals surface area contributed by atoms with E-state index in [1.54, 1.807) is 0 Å². The molecule has 0 bridgehead atoms. The van der Waals surface area contributed by atoms with Crippen LogP contribution in [0.5, 0.6) is 0 Å². The van der Waals surface area contributed by atoms with Crippen molar-refractivity contribution < 1.29 is 22.7 Å². The maximum atomic E-state index is 11.8. The molecule has 0 saturated heterocycles. The monoisotopic (exact) mass is 342 g/mol. The lowest BCUT2D eigenvalue weighted by atomic mass is 10.4. The number of aromatic nitrogens is 2. The Kier molecular flexibility index (Phi) is 5.80. The van der Waals surface area contributed by atoms with E-state index in [-0.39, 0.29) is 16.0 Å². The molecule has 9 nitrogen and oxygen atoms in total. The molecule has 1 unspecified atom stereocenters. The molecule has 1 aromatic rings. The number of ether oxygens (including phenoxy) is 1. The fraction of sp³-hybridized carbons (Fsp3) is 0.500. The third-order valence-electron chi connectivity index (χ3n) is 1.83. The van der Waals surface area contributed by atoms with Crippen LogP contribution < -0.4 is 10.0 Å². The number of nitrogens with zero attached hydrogens (tertiary/aromatic N) is 2. The van der Waals surface area contributed by atoms with Crippen molar-refractivity contribution in [3.63, 3.8) is 0 Å². The van der Waals surface area contributed by atoms with Gasteiger partial charge in [0, 0.05) is 13.5 Å². The maximum Gasteiger partial charge on any atom is 0.325 e. The number of alkyl halides is 1. The minimum Gasteiger partial charge on any atom is -0.468 e. The summed E-state index contributed by atoms with van der Waals surface area (Å²) in [6.07, 6.45) is 0. The summed E-state index contributed by atoms with van der Waals surface area (Å²) in [7, 11) is -2.83. The highest BCUT2D eigenvalue weighted by Crippen LogP contribution is 2.19. The van der Waals surface area contributed by atoms with Crippen molar-refractivity contribution in [1.82, 2.24) is 14.9 Å². The number of carbonyl (C=O) groups is 2. The Labute approximate surface area is 123 Å². The Morgan fingerprint density at radius 2 is 2.10 bits per heavy atom. The molecule has 0 saturated carbocycles. The summed E-state index contributed by atoms with van der Waals surface area (Å²) < 4.78 is 29.7. The lowest BCUT2D eigenvalue weighted by Crippen LogP contribution is -2.34. The molecule has 1 rings (SSSR count). The molecule has 112 valence electrons. The zero-order valence-electron chi connectivity index (χ0n) is 10.4. The predicted molar refractivity (Wildman–Crippen MR) is 71.1 cm³/mol. The molecule has 0 aromatic carbocycles. The first-order chi connectivity index (χ1) is 9.26. The van der Waals surface area contributed by atoms with E-state index in [1.165, 1.54) is 6.92 Å². The minimum absolute atomic E-state index is 0.0493. The largest absolute Gasteiger partial charge is 0.468 e. The highest BCUT2D eigenvalue weighted by atomic mass is 35.5. The summed E-state index contributed by atoms with van der Waals surface area (Å²) in [5.41, 5.74) is 0. The highest BCUT2D eigenvalue weighted by Gasteiger charge is 2.24. The number of sulfonamides is 1. The van der Waals surface area contributed by atoms with Gasteiger partial charge in [0.25, 0.3) is 10.0 Å². The van der Waals surface area contributed by atoms with Crippen molar-refractivity contribution >= 4 is 50.0 Å². The maximum absolute atomic E-state index is 11.8. The Hall–Kier alpha value is -1.30. The molecule has 12 heteroatoms. The number of carbonyl (C=O) groups excluding carboxylic acids is 2. The van der Waals surface area contributed by atoms with Crippen LogP contribution in [0.25, 0.3) is 0 Å². The fourth-order valence-corrected chi connectivity index (χ4v) is 3.27. The molecule has 0 spiro atoms. The van der Waals surface area contributed by atoms with E-state index in [1.807, 2.05) is 0 Å². The summed E-state index contributed by atoms with van der Waals surface area (Å²) in [4.78, 5) is 21.8. The molecule has 0 aliphatic rings. The summed E-state index contributed by atoms with van der Waals surface area (Å²) in [5, 5.41) is 8.12. The average molecular weight is 343 g/mol. The van der Waals surface area contributed by atoms with Crippen LogP contribution in [-0.4, -0.2) is 49.5 Å². The average Bonchev–Trinajstić information content (AvgIpc) is 2.83. The smallest absolute Gasteiger partial charge is 0.325 e. The van der Waals surface area contributed by atoms with Crippen LogP contribution in [0, 0.1) is 0 Å². The standard InChI is InChI=1S/C8H11ClN4O5S2/c1-4(14)11-7-12-13-8(19-7)20(16,17)10-3-5(9)6(15)18-2/h5,10H,3H2,1-2H3,(H,11,12,14). The van der Waals surface area contributed by atoms with Crippen molar-refractivity contribution in [1.29, 1.82) is 0 Å². The molecule has 2 N–H and O–H groups in total. The van der Waals surface area contributed by atoms with E-state index < -0.39 is 27.3 Å². The quantitative estimate of drug-likeness (QED) is 0.407. The van der Waals surface area contributed by atoms with Gasteiger partial charge in [0.1, 0.15) is 5.38 Å². The van der Waals surface area contributed by atoms with Crippen molar-refractivity contribution in [2.24, 2.45) is 0 Å². The molecule has 0 radical (unpaired) electrons. The molecule has 1 heterocycles. The van der Waals surface area contributed by atoms with Gasteiger partial charge >= 0.3 is 5.97 Å². The fourth-order valence-electron chi connectivity index (χ4n) is 0.975. The van der Waals surface area contributed by atoms with Crippen LogP contribution in [0.2, 0.25) is 0 Å². The summed E-state index contributed by atoms with van der Waals surface area (Å²) in [6.45, 7) is 0.897. The number of hydrogen-bond acceptors (Lipinski definition) is 8. The van der Waals surface area contributed by atoms with Gasteiger partial charge in [0.15, 0.2) is 0 Å². The first-order valence-corrected chi connectivity index (χ1v) is 7.82. The molecule has 0 fully saturated rings. The van der Waals surface area contributed by atoms with Crippen LogP contribution in [0.15, 0.2) is 4.34 Å². The zero-order chi connectivity index (χ0) is 15.3. The van der Waals surface area contributed by atoms with Gasteiger partial charge in [0.05, 0.1) is 7.11 Å². The zero-order valence-corrected chi connectivity index (χ0v) is 12.8. The second-order valence-corrected chi connectivity index (χ2v) is 6.84. The Bertz CT molecular complexity index is 602. The van der Waals surface area contributed by atoms with Gasteiger partial charge in [-0.3, -0.25) is 9.59 Å². The van der Waals surface area contributed by atoms with Crippen LogP contribution in [0.1, 0.15) is 6.92 Å². The second-order valence-electron chi connectivity index (χ2n) is 3.40. The number of esters is 1. The van der Waals surface area contributed by atoms with E-state index in [9.17, 15) is 18.0 Å². The van der Waals surface area contributed by atoms with Gasteiger partial charge < -0.3 is 10.1 Å². The predicted octanol–water partition coefficient (Wildman–Crippen LogP) is -0.445. The molecule has 20 heavy (non-hydrogen) atoms. The highest BCUT2D eigenvalue weighted by molar-refractivity contribution is 7.91. The van der Waals surface area contributed by atoms with E-state index in [0.29, 0.717) is 11.3 Å². The van der Waals surface area contributed by atoms with Gasteiger partial charge in [-0.15, -0.1) is 21.8 Å². The van der Waals surface area contributed by atoms with Crippen LogP contribution in [0.4, 0.5) is 5.13 Å². The number of halogens is 1. The van der Waals surface area contributed by atoms with E-state index in [2.05, 4.69) is 25.0 Å². The van der Waals surface area contributed by atoms with E-state index in [4.69, 9.17) is 11.6 Å². The van der Waals surface area contributed by atoms with Crippen LogP contribution >= 0.6 is 22.9 Å². The van der Waals surface area contributed by atoms with Crippen molar-refractivity contribution in [2.45, 2.75) is 16.6 Å². The molecule has 1 atom stereocenters. The number of methoxy groups -OCH3 is 1. The number of hydrogen-bond donors (Lipinski definition) is 2. The molecular weight excluding hydrogens is 332 g/mol. The third kappa shape index (κ3) is 4.67. The lowest BCUT2D eigenvalue weighted by molar-refractivity contribution is -0.140. The number of anilines is 1. The molecule has 0 aliphatic carbocycles. The minimum atomic E-state index is -3.96. The normalized spacial score (nSPS) is 12.8. The Morgan fingerprint density at radius 1 is 1.45 bits per heavy atom. The van der Waals surface area contributed by atoms with Crippen molar-refractivity contribution in [2.75, 3.05) is 19.0 Å². The van der Waals surface area contributed by atoms with Crippen LogP contribution in [-0.2, 0) is 24.3 Å².